The van der Waals surface area contributed by atoms with Gasteiger partial charge in [0.2, 0.25) is 0 Å². The summed E-state index contributed by atoms with van der Waals surface area (Å²) in [6.07, 6.45) is 0. The average Bonchev–Trinajstić information content (AvgIpc) is 2.43. The number of benzene rings is 2. The number of nitro groups is 1. The molecular weight excluding hydrogens is 292 g/mol. The van der Waals surface area contributed by atoms with Crippen molar-refractivity contribution in [3.63, 3.8) is 0 Å². The standard InChI is InChI=1S/C13H8F4N2O2/c14-8-2-1-7(5-10(8)16)6-18-13-11(19(20)21)4-3-9(15)12(13)17/h1-5,18H,6H2. The van der Waals surface area contributed by atoms with Crippen molar-refractivity contribution >= 4 is 11.4 Å². The van der Waals surface area contributed by atoms with Crippen molar-refractivity contribution in [1.29, 1.82) is 0 Å². The van der Waals surface area contributed by atoms with Gasteiger partial charge in [-0.15, -0.1) is 0 Å². The van der Waals surface area contributed by atoms with E-state index in [1.807, 2.05) is 0 Å². The zero-order chi connectivity index (χ0) is 15.6. The number of rotatable bonds is 4. The van der Waals surface area contributed by atoms with Gasteiger partial charge in [-0.05, 0) is 23.8 Å². The SMILES string of the molecule is O=[N+]([O-])c1ccc(F)c(F)c1NCc1ccc(F)c(F)c1. The van der Waals surface area contributed by atoms with E-state index in [1.165, 1.54) is 6.07 Å². The maximum atomic E-state index is 13.6. The molecule has 2 aromatic rings. The van der Waals surface area contributed by atoms with Gasteiger partial charge in [-0.2, -0.15) is 0 Å². The molecule has 0 heterocycles. The van der Waals surface area contributed by atoms with Crippen LogP contribution in [0.5, 0.6) is 0 Å². The Morgan fingerprint density at radius 2 is 1.67 bits per heavy atom. The number of nitro benzene ring substituents is 1. The van der Waals surface area contributed by atoms with E-state index in [1.54, 1.807) is 0 Å². The minimum absolute atomic E-state index is 0.215. The summed E-state index contributed by atoms with van der Waals surface area (Å²) in [4.78, 5) is 9.88. The zero-order valence-electron chi connectivity index (χ0n) is 10.4. The van der Waals surface area contributed by atoms with Crippen molar-refractivity contribution in [3.05, 3.63) is 69.3 Å². The molecule has 0 atom stereocenters. The molecule has 0 aliphatic rings. The molecule has 0 saturated heterocycles. The van der Waals surface area contributed by atoms with Crippen molar-refractivity contribution in [2.45, 2.75) is 6.54 Å². The van der Waals surface area contributed by atoms with E-state index in [-0.39, 0.29) is 12.1 Å². The first-order valence-electron chi connectivity index (χ1n) is 5.70. The topological polar surface area (TPSA) is 55.2 Å². The molecule has 21 heavy (non-hydrogen) atoms. The molecule has 0 spiro atoms. The highest BCUT2D eigenvalue weighted by atomic mass is 19.2. The van der Waals surface area contributed by atoms with Crippen LogP contribution in [0, 0.1) is 33.4 Å². The monoisotopic (exact) mass is 300 g/mol. The molecule has 0 saturated carbocycles. The first-order chi connectivity index (χ1) is 9.90. The minimum Gasteiger partial charge on any atom is -0.373 e. The Kier molecular flexibility index (Phi) is 4.06. The molecular formula is C13H8F4N2O2. The summed E-state index contributed by atoms with van der Waals surface area (Å²) in [7, 11) is 0. The Morgan fingerprint density at radius 3 is 2.29 bits per heavy atom. The highest BCUT2D eigenvalue weighted by Crippen LogP contribution is 2.29. The van der Waals surface area contributed by atoms with Crippen LogP contribution >= 0.6 is 0 Å². The van der Waals surface area contributed by atoms with E-state index in [0.717, 1.165) is 18.2 Å². The summed E-state index contributed by atoms with van der Waals surface area (Å²) in [6, 6.07) is 4.38. The van der Waals surface area contributed by atoms with Crippen LogP contribution in [0.25, 0.3) is 0 Å². The third-order valence-corrected chi connectivity index (χ3v) is 2.72. The Morgan fingerprint density at radius 1 is 1.00 bits per heavy atom. The fourth-order valence-corrected chi connectivity index (χ4v) is 1.70. The lowest BCUT2D eigenvalue weighted by atomic mass is 10.2. The lowest BCUT2D eigenvalue weighted by molar-refractivity contribution is -0.384. The highest BCUT2D eigenvalue weighted by Gasteiger charge is 2.21. The Labute approximate surface area is 116 Å². The molecule has 0 radical (unpaired) electrons. The predicted octanol–water partition coefficient (Wildman–Crippen LogP) is 3.76. The van der Waals surface area contributed by atoms with Crippen molar-refractivity contribution in [1.82, 2.24) is 0 Å². The van der Waals surface area contributed by atoms with Gasteiger partial charge in [-0.25, -0.2) is 17.6 Å². The summed E-state index contributed by atoms with van der Waals surface area (Å²) in [5, 5.41) is 13.1. The Balaban J connectivity index is 2.28. The number of nitrogens with one attached hydrogen (secondary N) is 1. The molecule has 8 heteroatoms. The summed E-state index contributed by atoms with van der Waals surface area (Å²) in [6.45, 7) is -0.238. The van der Waals surface area contributed by atoms with Crippen molar-refractivity contribution in [3.8, 4) is 0 Å². The van der Waals surface area contributed by atoms with E-state index in [4.69, 9.17) is 0 Å². The fraction of sp³-hybridized carbons (Fsp3) is 0.0769. The second kappa shape index (κ2) is 5.78. The smallest absolute Gasteiger partial charge is 0.295 e. The summed E-state index contributed by atoms with van der Waals surface area (Å²) in [5.74, 6) is -4.83. The fourth-order valence-electron chi connectivity index (χ4n) is 1.70. The van der Waals surface area contributed by atoms with Gasteiger partial charge in [0.15, 0.2) is 29.0 Å². The van der Waals surface area contributed by atoms with E-state index < -0.39 is 39.6 Å². The van der Waals surface area contributed by atoms with Crippen molar-refractivity contribution in [2.75, 3.05) is 5.32 Å². The molecule has 110 valence electrons. The number of hydrogen-bond acceptors (Lipinski definition) is 3. The number of anilines is 1. The lowest BCUT2D eigenvalue weighted by Gasteiger charge is -2.09. The molecule has 0 aromatic heterocycles. The summed E-state index contributed by atoms with van der Waals surface area (Å²) < 4.78 is 52.5. The predicted molar refractivity (Wildman–Crippen MR) is 66.7 cm³/mol. The van der Waals surface area contributed by atoms with Gasteiger partial charge in [0.05, 0.1) is 4.92 Å². The second-order valence-electron chi connectivity index (χ2n) is 4.11. The second-order valence-corrected chi connectivity index (χ2v) is 4.11. The summed E-state index contributed by atoms with van der Waals surface area (Å²) >= 11 is 0. The summed E-state index contributed by atoms with van der Waals surface area (Å²) in [5.41, 5.74) is -1.09. The third kappa shape index (κ3) is 3.10. The number of halogens is 4. The first-order valence-corrected chi connectivity index (χ1v) is 5.70. The van der Waals surface area contributed by atoms with Crippen molar-refractivity contribution in [2.24, 2.45) is 0 Å². The van der Waals surface area contributed by atoms with Gasteiger partial charge in [0.25, 0.3) is 5.69 Å². The van der Waals surface area contributed by atoms with Gasteiger partial charge >= 0.3 is 0 Å². The number of hydrogen-bond donors (Lipinski definition) is 1. The van der Waals surface area contributed by atoms with Gasteiger partial charge in [0.1, 0.15) is 0 Å². The van der Waals surface area contributed by atoms with Crippen LogP contribution in [0.2, 0.25) is 0 Å². The average molecular weight is 300 g/mol. The van der Waals surface area contributed by atoms with Crippen molar-refractivity contribution < 1.29 is 22.5 Å². The Bertz CT molecular complexity index is 707. The van der Waals surface area contributed by atoms with Crippen LogP contribution in [-0.2, 0) is 6.54 Å². The zero-order valence-corrected chi connectivity index (χ0v) is 10.4. The van der Waals surface area contributed by atoms with E-state index in [0.29, 0.717) is 6.07 Å². The molecule has 2 aromatic carbocycles. The molecule has 0 aliphatic heterocycles. The molecule has 1 N–H and O–H groups in total. The quantitative estimate of drug-likeness (QED) is 0.531. The van der Waals surface area contributed by atoms with Crippen LogP contribution in [-0.4, -0.2) is 4.92 Å². The van der Waals surface area contributed by atoms with Crippen LogP contribution in [0.15, 0.2) is 30.3 Å². The molecule has 0 amide bonds. The largest absolute Gasteiger partial charge is 0.373 e. The van der Waals surface area contributed by atoms with E-state index in [2.05, 4.69) is 5.32 Å². The highest BCUT2D eigenvalue weighted by molar-refractivity contribution is 5.62. The van der Waals surface area contributed by atoms with Crippen LogP contribution < -0.4 is 5.32 Å². The maximum Gasteiger partial charge on any atom is 0.295 e. The number of nitrogens with zero attached hydrogens (tertiary/aromatic N) is 1. The van der Waals surface area contributed by atoms with Crippen LogP contribution in [0.4, 0.5) is 28.9 Å². The molecule has 4 nitrogen and oxygen atoms in total. The maximum absolute atomic E-state index is 13.6. The first kappa shape index (κ1) is 14.8. The molecule has 0 fully saturated rings. The van der Waals surface area contributed by atoms with Gasteiger partial charge in [-0.1, -0.05) is 6.07 Å². The van der Waals surface area contributed by atoms with Gasteiger partial charge < -0.3 is 5.32 Å². The van der Waals surface area contributed by atoms with Crippen LogP contribution in [0.1, 0.15) is 5.56 Å². The molecule has 0 bridgehead atoms. The van der Waals surface area contributed by atoms with Gasteiger partial charge in [0, 0.05) is 12.6 Å². The lowest BCUT2D eigenvalue weighted by Crippen LogP contribution is -2.06. The molecule has 2 rings (SSSR count). The van der Waals surface area contributed by atoms with Crippen LogP contribution in [0.3, 0.4) is 0 Å². The Hall–Kier alpha value is -2.64. The molecule has 0 unspecified atom stereocenters. The van der Waals surface area contributed by atoms with E-state index in [9.17, 15) is 27.7 Å². The normalized spacial score (nSPS) is 10.5. The van der Waals surface area contributed by atoms with Gasteiger partial charge in [-0.3, -0.25) is 10.1 Å². The molecule has 0 aliphatic carbocycles. The minimum atomic E-state index is -1.41. The third-order valence-electron chi connectivity index (χ3n) is 2.72. The van der Waals surface area contributed by atoms with E-state index >= 15 is 0 Å².